The van der Waals surface area contributed by atoms with Crippen LogP contribution in [-0.2, 0) is 16.4 Å². The van der Waals surface area contributed by atoms with Crippen LogP contribution in [0.3, 0.4) is 0 Å². The predicted molar refractivity (Wildman–Crippen MR) is 135 cm³/mol. The van der Waals surface area contributed by atoms with E-state index in [4.69, 9.17) is 9.84 Å². The zero-order valence-electron chi connectivity index (χ0n) is 20.2. The molecule has 0 saturated carbocycles. The van der Waals surface area contributed by atoms with E-state index in [9.17, 15) is 13.2 Å². The molecular weight excluding hydrogens is 478 g/mol. The van der Waals surface area contributed by atoms with E-state index in [0.29, 0.717) is 24.2 Å². The number of hydrogen-bond donors (Lipinski definition) is 1. The van der Waals surface area contributed by atoms with Gasteiger partial charge in [0.05, 0.1) is 7.05 Å². The van der Waals surface area contributed by atoms with E-state index in [-0.39, 0.29) is 21.7 Å². The quantitative estimate of drug-likeness (QED) is 0.295. The Labute approximate surface area is 211 Å². The molecule has 0 bridgehead atoms. The highest BCUT2D eigenvalue weighted by molar-refractivity contribution is 7.86. The fourth-order valence-electron chi connectivity index (χ4n) is 5.88. The molecule has 8 nitrogen and oxygen atoms in total. The van der Waals surface area contributed by atoms with Gasteiger partial charge < -0.3 is 14.7 Å². The van der Waals surface area contributed by atoms with Crippen molar-refractivity contribution in [1.82, 2.24) is 4.98 Å². The molecule has 36 heavy (non-hydrogen) atoms. The Morgan fingerprint density at radius 2 is 1.72 bits per heavy atom. The maximum absolute atomic E-state index is 14.4. The third kappa shape index (κ3) is 4.22. The smallest absolute Gasteiger partial charge is 0.449 e. The molecule has 1 unspecified atom stereocenters. The average Bonchev–Trinajstić information content (AvgIpc) is 3.32. The minimum Gasteiger partial charge on any atom is -0.449 e. The first-order chi connectivity index (χ1) is 17.3. The summed E-state index contributed by atoms with van der Waals surface area (Å²) in [7, 11) is -1.95. The van der Waals surface area contributed by atoms with Gasteiger partial charge in [-0.15, -0.1) is 0 Å². The molecule has 1 N–H and O–H groups in total. The third-order valence-electron chi connectivity index (χ3n) is 7.76. The maximum atomic E-state index is 14.4. The lowest BCUT2D eigenvalue weighted by atomic mass is 9.98. The fourth-order valence-corrected chi connectivity index (χ4v) is 8.00. The largest absolute Gasteiger partial charge is 0.511 e. The molecule has 1 saturated heterocycles. The van der Waals surface area contributed by atoms with Crippen LogP contribution in [0.2, 0.25) is 0 Å². The normalized spacial score (nSPS) is 19.9. The number of rotatable bonds is 6. The topological polar surface area (TPSA) is 96.8 Å². The maximum Gasteiger partial charge on any atom is 0.511 e. The predicted octanol–water partition coefficient (Wildman–Crippen LogP) is 4.63. The van der Waals surface area contributed by atoms with Gasteiger partial charge in [0, 0.05) is 56.0 Å². The number of nitrogens with zero attached hydrogens (tertiary/aromatic N) is 3. The summed E-state index contributed by atoms with van der Waals surface area (Å²) in [5.41, 5.74) is 2.98. The molecule has 9 heteroatoms. The Morgan fingerprint density at radius 1 is 1.03 bits per heavy atom. The van der Waals surface area contributed by atoms with Gasteiger partial charge in [0.15, 0.2) is 0 Å². The minimum atomic E-state index is -3.79. The van der Waals surface area contributed by atoms with Crippen LogP contribution in [0.5, 0.6) is 5.75 Å². The number of sulfonamides is 1. The van der Waals surface area contributed by atoms with E-state index in [1.165, 1.54) is 0 Å². The number of ether oxygens (including phenoxy) is 1. The lowest BCUT2D eigenvalue weighted by molar-refractivity contribution is -0.846. The number of quaternary nitrogens is 1. The molecule has 0 amide bonds. The summed E-state index contributed by atoms with van der Waals surface area (Å²) in [6.07, 6.45) is 4.98. The lowest BCUT2D eigenvalue weighted by Gasteiger charge is -2.47. The van der Waals surface area contributed by atoms with E-state index in [1.807, 2.05) is 31.3 Å². The number of carbonyl (C=O) groups is 1. The highest BCUT2D eigenvalue weighted by atomic mass is 32.2. The zero-order valence-corrected chi connectivity index (χ0v) is 21.0. The number of anilines is 1. The summed E-state index contributed by atoms with van der Waals surface area (Å²) in [6, 6.07) is 17.4. The van der Waals surface area contributed by atoms with Crippen molar-refractivity contribution in [3.05, 3.63) is 84.2 Å². The Hall–Kier alpha value is -3.43. The van der Waals surface area contributed by atoms with Crippen molar-refractivity contribution in [2.24, 2.45) is 0 Å². The second-order valence-electron chi connectivity index (χ2n) is 9.55. The lowest BCUT2D eigenvalue weighted by Crippen LogP contribution is -2.60. The molecule has 2 aliphatic rings. The average molecular weight is 509 g/mol. The van der Waals surface area contributed by atoms with E-state index >= 15 is 0 Å². The summed E-state index contributed by atoms with van der Waals surface area (Å²) in [6.45, 7) is 1.49. The Bertz CT molecular complexity index is 1340. The number of fused-ring (bicyclic) bond motifs is 1. The van der Waals surface area contributed by atoms with Crippen molar-refractivity contribution in [3.63, 3.8) is 0 Å². The Balaban J connectivity index is 1.54. The molecule has 1 aliphatic heterocycles. The summed E-state index contributed by atoms with van der Waals surface area (Å²) >= 11 is 0. The molecule has 3 aromatic rings. The molecule has 2 heterocycles. The SMILES string of the molecule is C[N+](C1CCN(c2ccncc2)CC1)([C@@H]1CCc2ccc(OC(=O)O)cc21)S(=O)(=O)c1ccccc1. The van der Waals surface area contributed by atoms with Gasteiger partial charge in [0.2, 0.25) is 0 Å². The number of hydrogen-bond acceptors (Lipinski definition) is 6. The van der Waals surface area contributed by atoms with Gasteiger partial charge in [-0.25, -0.2) is 8.68 Å². The first-order valence-electron chi connectivity index (χ1n) is 12.2. The van der Waals surface area contributed by atoms with Crippen LogP contribution in [0.1, 0.15) is 36.4 Å². The summed E-state index contributed by atoms with van der Waals surface area (Å²) in [5.74, 6) is 0.212. The van der Waals surface area contributed by atoms with Crippen LogP contribution in [0.4, 0.5) is 10.5 Å². The van der Waals surface area contributed by atoms with Gasteiger partial charge in [-0.3, -0.25) is 4.98 Å². The molecular formula is C27H30N3O5S+. The second kappa shape index (κ2) is 9.55. The highest BCUT2D eigenvalue weighted by Gasteiger charge is 2.54. The monoisotopic (exact) mass is 508 g/mol. The van der Waals surface area contributed by atoms with Crippen LogP contribution in [0.15, 0.2) is 78.0 Å². The van der Waals surface area contributed by atoms with Gasteiger partial charge in [0.1, 0.15) is 22.7 Å². The van der Waals surface area contributed by atoms with Crippen LogP contribution < -0.4 is 9.64 Å². The van der Waals surface area contributed by atoms with E-state index in [0.717, 1.165) is 36.3 Å². The first-order valence-corrected chi connectivity index (χ1v) is 13.6. The molecule has 0 radical (unpaired) electrons. The number of aryl methyl sites for hydroxylation is 1. The zero-order chi connectivity index (χ0) is 25.3. The Morgan fingerprint density at radius 3 is 2.39 bits per heavy atom. The fraction of sp³-hybridized carbons (Fsp3) is 0.333. The summed E-state index contributed by atoms with van der Waals surface area (Å²) in [4.78, 5) is 17.8. The molecule has 2 aromatic carbocycles. The van der Waals surface area contributed by atoms with Gasteiger partial charge >= 0.3 is 16.2 Å². The van der Waals surface area contributed by atoms with Crippen LogP contribution in [0.25, 0.3) is 0 Å². The van der Waals surface area contributed by atoms with Crippen molar-refractivity contribution in [2.45, 2.75) is 42.7 Å². The van der Waals surface area contributed by atoms with Gasteiger partial charge in [-0.2, -0.15) is 8.42 Å². The third-order valence-corrected chi connectivity index (χ3v) is 10.2. The standard InChI is InChI=1S/C27H29N3O5S/c1-30(36(33,34)24-5-3-2-4-6-24,22-13-17-29(18-14-22)21-11-15-28-16-12-21)26-10-8-20-7-9-23(19-25(20)26)35-27(31)32/h2-7,9,11-12,15-16,19,22,26H,8,10,13-14,17-18H2,1H3/p+1/t26-,30?/m1/s1. The molecule has 0 spiro atoms. The van der Waals surface area contributed by atoms with Crippen molar-refractivity contribution < 1.29 is 26.9 Å². The molecule has 1 fully saturated rings. The van der Waals surface area contributed by atoms with E-state index < -0.39 is 16.2 Å². The van der Waals surface area contributed by atoms with Crippen molar-refractivity contribution in [2.75, 3.05) is 25.0 Å². The van der Waals surface area contributed by atoms with Gasteiger partial charge in [-0.1, -0.05) is 24.3 Å². The first kappa shape index (κ1) is 24.3. The van der Waals surface area contributed by atoms with Crippen LogP contribution in [0, 0.1) is 0 Å². The van der Waals surface area contributed by atoms with Crippen molar-refractivity contribution in [3.8, 4) is 5.75 Å². The minimum absolute atomic E-state index is 0.131. The Kier molecular flexibility index (Phi) is 6.44. The number of carboxylic acid groups (broad SMARTS) is 1. The number of benzene rings is 2. The van der Waals surface area contributed by atoms with E-state index in [2.05, 4.69) is 9.88 Å². The molecule has 188 valence electrons. The van der Waals surface area contributed by atoms with Gasteiger partial charge in [0.25, 0.3) is 0 Å². The molecule has 1 aliphatic carbocycles. The van der Waals surface area contributed by atoms with Gasteiger partial charge in [-0.05, 0) is 48.4 Å². The number of piperidine rings is 1. The highest BCUT2D eigenvalue weighted by Crippen LogP contribution is 2.48. The number of pyridine rings is 1. The van der Waals surface area contributed by atoms with Crippen LogP contribution >= 0.6 is 0 Å². The van der Waals surface area contributed by atoms with Crippen molar-refractivity contribution >= 4 is 21.9 Å². The molecule has 5 rings (SSSR count). The van der Waals surface area contributed by atoms with Crippen LogP contribution in [-0.4, -0.2) is 54.7 Å². The summed E-state index contributed by atoms with van der Waals surface area (Å²) < 4.78 is 33.6. The van der Waals surface area contributed by atoms with Crippen molar-refractivity contribution in [1.29, 1.82) is 0 Å². The molecule has 1 aromatic heterocycles. The molecule has 2 atom stereocenters. The number of aromatic nitrogens is 1. The second-order valence-corrected chi connectivity index (χ2v) is 11.8. The van der Waals surface area contributed by atoms with E-state index in [1.54, 1.807) is 48.8 Å². The summed E-state index contributed by atoms with van der Waals surface area (Å²) in [5, 5.41) is 9.11.